The lowest BCUT2D eigenvalue weighted by molar-refractivity contribution is 0.627. The van der Waals surface area contributed by atoms with Crippen LogP contribution in [-0.2, 0) is 13.0 Å². The first kappa shape index (κ1) is 18.7. The largest absolute Gasteiger partial charge is 0.356 e. The van der Waals surface area contributed by atoms with Gasteiger partial charge in [-0.3, -0.25) is 4.99 Å². The molecule has 0 saturated carbocycles. The third-order valence-electron chi connectivity index (χ3n) is 3.49. The molecule has 2 N–H and O–H groups in total. The van der Waals surface area contributed by atoms with Crippen LogP contribution in [0, 0.1) is 5.82 Å². The van der Waals surface area contributed by atoms with Gasteiger partial charge >= 0.3 is 0 Å². The fourth-order valence-corrected chi connectivity index (χ4v) is 3.25. The minimum Gasteiger partial charge on any atom is -0.356 e. The molecule has 0 amide bonds. The quantitative estimate of drug-likeness (QED) is 0.599. The smallest absolute Gasteiger partial charge is 0.191 e. The van der Waals surface area contributed by atoms with Gasteiger partial charge in [-0.05, 0) is 30.0 Å². The number of hydrogen-bond acceptors (Lipinski definition) is 3. The second-order valence-electron chi connectivity index (χ2n) is 5.66. The summed E-state index contributed by atoms with van der Waals surface area (Å²) < 4.78 is 13.0. The van der Waals surface area contributed by atoms with Crippen LogP contribution in [0.15, 0.2) is 28.6 Å². The van der Waals surface area contributed by atoms with Crippen LogP contribution >= 0.6 is 22.9 Å². The lowest BCUT2D eigenvalue weighted by Gasteiger charge is -2.11. The molecule has 0 unspecified atom stereocenters. The number of hydrogen-bond donors (Lipinski definition) is 2. The molecule has 1 aromatic carbocycles. The molecule has 2 rings (SSSR count). The number of benzene rings is 1. The van der Waals surface area contributed by atoms with Crippen molar-refractivity contribution in [1.82, 2.24) is 15.6 Å². The number of guanidine groups is 1. The molecule has 2 aromatic rings. The number of nitrogens with zero attached hydrogens (tertiary/aromatic N) is 2. The van der Waals surface area contributed by atoms with Crippen LogP contribution in [0.5, 0.6) is 0 Å². The molecular weight excluding hydrogens is 347 g/mol. The molecule has 0 fully saturated rings. The average Bonchev–Trinajstić information content (AvgIpc) is 3.01. The van der Waals surface area contributed by atoms with Crippen LogP contribution in [0.4, 0.5) is 4.39 Å². The minimum absolute atomic E-state index is 0.321. The molecule has 0 aliphatic heterocycles. The first-order valence-corrected chi connectivity index (χ1v) is 9.08. The van der Waals surface area contributed by atoms with E-state index in [1.54, 1.807) is 24.5 Å². The first-order valence-electron chi connectivity index (χ1n) is 7.82. The van der Waals surface area contributed by atoms with E-state index in [-0.39, 0.29) is 5.82 Å². The number of nitrogens with one attached hydrogen (secondary N) is 2. The zero-order valence-corrected chi connectivity index (χ0v) is 15.6. The van der Waals surface area contributed by atoms with Crippen LogP contribution in [0.25, 0.3) is 0 Å². The Morgan fingerprint density at radius 2 is 2.17 bits per heavy atom. The summed E-state index contributed by atoms with van der Waals surface area (Å²) in [6, 6.07) is 4.46. The molecule has 130 valence electrons. The van der Waals surface area contributed by atoms with Gasteiger partial charge in [0.25, 0.3) is 0 Å². The van der Waals surface area contributed by atoms with Crippen molar-refractivity contribution in [2.75, 3.05) is 13.6 Å². The van der Waals surface area contributed by atoms with E-state index in [4.69, 9.17) is 11.6 Å². The fourth-order valence-electron chi connectivity index (χ4n) is 2.09. The summed E-state index contributed by atoms with van der Waals surface area (Å²) in [5, 5.41) is 10.0. The highest BCUT2D eigenvalue weighted by molar-refractivity contribution is 7.09. The van der Waals surface area contributed by atoms with Crippen molar-refractivity contribution in [2.45, 2.75) is 32.7 Å². The molecule has 0 atom stereocenters. The van der Waals surface area contributed by atoms with E-state index in [9.17, 15) is 4.39 Å². The highest BCUT2D eigenvalue weighted by Crippen LogP contribution is 2.18. The summed E-state index contributed by atoms with van der Waals surface area (Å²) in [5.74, 6) is 0.820. The van der Waals surface area contributed by atoms with Crippen molar-refractivity contribution in [1.29, 1.82) is 0 Å². The lowest BCUT2D eigenvalue weighted by Crippen LogP contribution is -2.37. The average molecular weight is 369 g/mol. The van der Waals surface area contributed by atoms with Crippen molar-refractivity contribution in [3.63, 3.8) is 0 Å². The number of halogens is 2. The van der Waals surface area contributed by atoms with Crippen LogP contribution in [0.3, 0.4) is 0 Å². The first-order chi connectivity index (χ1) is 11.5. The number of aliphatic imine (C=N–C) groups is 1. The standard InChI is InChI=1S/C17H22ClFN4S/c1-11(2)15-10-24-16(23-15)9-22-17(20-3)21-7-6-12-4-5-13(19)8-14(12)18/h4-5,8,10-11H,6-7,9H2,1-3H3,(H2,20,21,22). The van der Waals surface area contributed by atoms with Gasteiger partial charge in [0.1, 0.15) is 10.8 Å². The normalized spacial score (nSPS) is 11.8. The van der Waals surface area contributed by atoms with Gasteiger partial charge in [-0.15, -0.1) is 11.3 Å². The predicted molar refractivity (Wildman–Crippen MR) is 99.5 cm³/mol. The highest BCUT2D eigenvalue weighted by Gasteiger charge is 2.07. The summed E-state index contributed by atoms with van der Waals surface area (Å²) in [4.78, 5) is 8.78. The number of aromatic nitrogens is 1. The van der Waals surface area contributed by atoms with Crippen molar-refractivity contribution < 1.29 is 4.39 Å². The lowest BCUT2D eigenvalue weighted by atomic mass is 10.1. The van der Waals surface area contributed by atoms with Gasteiger partial charge in [-0.1, -0.05) is 31.5 Å². The van der Waals surface area contributed by atoms with Crippen LogP contribution in [-0.4, -0.2) is 24.5 Å². The van der Waals surface area contributed by atoms with Crippen molar-refractivity contribution in [3.05, 3.63) is 50.7 Å². The third kappa shape index (κ3) is 5.46. The molecule has 4 nitrogen and oxygen atoms in total. The van der Waals surface area contributed by atoms with Crippen molar-refractivity contribution >= 4 is 28.9 Å². The summed E-state index contributed by atoms with van der Waals surface area (Å²) in [6.07, 6.45) is 0.689. The second-order valence-corrected chi connectivity index (χ2v) is 7.01. The molecule has 0 aliphatic rings. The van der Waals surface area contributed by atoms with E-state index in [0.717, 1.165) is 16.3 Å². The van der Waals surface area contributed by atoms with E-state index >= 15 is 0 Å². The van der Waals surface area contributed by atoms with Crippen LogP contribution in [0.1, 0.15) is 36.0 Å². The molecule has 0 spiro atoms. The Bertz CT molecular complexity index is 700. The summed E-state index contributed by atoms with van der Waals surface area (Å²) in [7, 11) is 1.72. The molecule has 1 heterocycles. The zero-order valence-electron chi connectivity index (χ0n) is 14.1. The van der Waals surface area contributed by atoms with Gasteiger partial charge in [0.05, 0.1) is 12.2 Å². The molecule has 0 aliphatic carbocycles. The SMILES string of the molecule is CN=C(NCCc1ccc(F)cc1Cl)NCc1nc(C(C)C)cs1. The van der Waals surface area contributed by atoms with Crippen molar-refractivity contribution in [3.8, 4) is 0 Å². The Labute approximate surface area is 151 Å². The predicted octanol–water partition coefficient (Wildman–Crippen LogP) is 3.97. The second kappa shape index (κ2) is 8.99. The Hall–Kier alpha value is -1.66. The maximum atomic E-state index is 13.0. The summed E-state index contributed by atoms with van der Waals surface area (Å²) in [6.45, 7) is 5.55. The van der Waals surface area contributed by atoms with E-state index in [1.165, 1.54) is 12.1 Å². The number of thiazole rings is 1. The molecule has 1 aromatic heterocycles. The maximum absolute atomic E-state index is 13.0. The number of rotatable bonds is 6. The van der Waals surface area contributed by atoms with E-state index in [2.05, 4.69) is 39.8 Å². The summed E-state index contributed by atoms with van der Waals surface area (Å²) in [5.41, 5.74) is 2.02. The van der Waals surface area contributed by atoms with Gasteiger partial charge in [0.2, 0.25) is 0 Å². The molecular formula is C17H22ClFN4S. The highest BCUT2D eigenvalue weighted by atomic mass is 35.5. The molecule has 24 heavy (non-hydrogen) atoms. The van der Waals surface area contributed by atoms with Gasteiger partial charge in [0.15, 0.2) is 5.96 Å². The van der Waals surface area contributed by atoms with Gasteiger partial charge < -0.3 is 10.6 Å². The zero-order chi connectivity index (χ0) is 17.5. The van der Waals surface area contributed by atoms with E-state index < -0.39 is 0 Å². The van der Waals surface area contributed by atoms with Crippen molar-refractivity contribution in [2.24, 2.45) is 4.99 Å². The van der Waals surface area contributed by atoms with E-state index in [0.29, 0.717) is 36.4 Å². The fraction of sp³-hybridized carbons (Fsp3) is 0.412. The Morgan fingerprint density at radius 3 is 2.79 bits per heavy atom. The van der Waals surface area contributed by atoms with Gasteiger partial charge in [0, 0.05) is 24.0 Å². The molecule has 0 radical (unpaired) electrons. The Balaban J connectivity index is 1.79. The maximum Gasteiger partial charge on any atom is 0.191 e. The third-order valence-corrected chi connectivity index (χ3v) is 4.71. The topological polar surface area (TPSA) is 49.3 Å². The minimum atomic E-state index is -0.321. The van der Waals surface area contributed by atoms with Crippen LogP contribution in [0.2, 0.25) is 5.02 Å². The van der Waals surface area contributed by atoms with Gasteiger partial charge in [-0.2, -0.15) is 0 Å². The Morgan fingerprint density at radius 1 is 1.38 bits per heavy atom. The summed E-state index contributed by atoms with van der Waals surface area (Å²) >= 11 is 7.67. The molecule has 0 bridgehead atoms. The van der Waals surface area contributed by atoms with E-state index in [1.807, 2.05) is 0 Å². The molecule has 0 saturated heterocycles. The monoisotopic (exact) mass is 368 g/mol. The van der Waals surface area contributed by atoms with Crippen LogP contribution < -0.4 is 10.6 Å². The van der Waals surface area contributed by atoms with Gasteiger partial charge in [-0.25, -0.2) is 9.37 Å². The molecule has 7 heteroatoms. The Kier molecular flexibility index (Phi) is 6.99.